The fourth-order valence-corrected chi connectivity index (χ4v) is 2.52. The normalized spacial score (nSPS) is 21.3. The summed E-state index contributed by atoms with van der Waals surface area (Å²) in [7, 11) is 0. The lowest BCUT2D eigenvalue weighted by atomic mass is 9.91. The molecule has 1 heterocycles. The Hall–Kier alpha value is -1.88. The number of para-hydroxylation sites is 1. The molecule has 2 aromatic rings. The molecule has 1 atom stereocenters. The first kappa shape index (κ1) is 12.2. The highest BCUT2D eigenvalue weighted by atomic mass is 35.5. The summed E-state index contributed by atoms with van der Waals surface area (Å²) >= 11 is 6.19. The minimum absolute atomic E-state index is 0.450. The van der Waals surface area contributed by atoms with Crippen LogP contribution in [0.4, 0.5) is 5.69 Å². The molecule has 2 aromatic carbocycles. The van der Waals surface area contributed by atoms with Crippen molar-refractivity contribution in [2.75, 3.05) is 0 Å². The first-order chi connectivity index (χ1) is 9.14. The van der Waals surface area contributed by atoms with E-state index in [0.29, 0.717) is 21.8 Å². The Morgan fingerprint density at radius 1 is 1.05 bits per heavy atom. The van der Waals surface area contributed by atoms with Gasteiger partial charge < -0.3 is 5.11 Å². The van der Waals surface area contributed by atoms with Gasteiger partial charge in [-0.05, 0) is 12.1 Å². The van der Waals surface area contributed by atoms with Gasteiger partial charge in [0, 0.05) is 16.1 Å². The second-order valence-corrected chi connectivity index (χ2v) is 4.73. The van der Waals surface area contributed by atoms with Crippen LogP contribution in [0.2, 0.25) is 5.02 Å². The fourth-order valence-electron chi connectivity index (χ4n) is 2.26. The minimum Gasteiger partial charge on any atom is -0.362 e. The monoisotopic (exact) mass is 273 g/mol. The lowest BCUT2D eigenvalue weighted by molar-refractivity contribution is -0.0373. The highest BCUT2D eigenvalue weighted by Crippen LogP contribution is 2.41. The zero-order valence-corrected chi connectivity index (χ0v) is 10.7. The molecule has 96 valence electrons. The van der Waals surface area contributed by atoms with Gasteiger partial charge in [0.25, 0.3) is 0 Å². The van der Waals surface area contributed by atoms with Gasteiger partial charge in [0.05, 0.1) is 5.69 Å². The summed E-state index contributed by atoms with van der Waals surface area (Å²) < 4.78 is 0. The van der Waals surface area contributed by atoms with Crippen LogP contribution in [0, 0.1) is 0 Å². The maximum Gasteiger partial charge on any atom is 0.209 e. The third-order valence-electron chi connectivity index (χ3n) is 3.22. The molecule has 0 radical (unpaired) electrons. The van der Waals surface area contributed by atoms with Gasteiger partial charge in [-0.2, -0.15) is 0 Å². The topological polar surface area (TPSA) is 61.8 Å². The zero-order chi connectivity index (χ0) is 13.5. The average Bonchev–Trinajstić information content (AvgIpc) is 2.44. The molecular weight excluding hydrogens is 262 g/mol. The van der Waals surface area contributed by atoms with Gasteiger partial charge in [0.1, 0.15) is 6.34 Å². The van der Waals surface area contributed by atoms with Crippen LogP contribution in [0.1, 0.15) is 11.1 Å². The SMILES string of the molecule is NN1C=Nc2ccccc2C1(O)c1ccccc1Cl. The lowest BCUT2D eigenvalue weighted by Gasteiger charge is -2.39. The second kappa shape index (κ2) is 4.35. The van der Waals surface area contributed by atoms with E-state index in [9.17, 15) is 5.11 Å². The Labute approximate surface area is 115 Å². The van der Waals surface area contributed by atoms with Crippen LogP contribution in [0.25, 0.3) is 0 Å². The van der Waals surface area contributed by atoms with Crippen LogP contribution in [0.15, 0.2) is 53.5 Å². The number of hydrogen-bond donors (Lipinski definition) is 2. The van der Waals surface area contributed by atoms with Gasteiger partial charge in [-0.1, -0.05) is 48.0 Å². The van der Waals surface area contributed by atoms with Gasteiger partial charge in [-0.15, -0.1) is 0 Å². The summed E-state index contributed by atoms with van der Waals surface area (Å²) in [4.78, 5) is 4.20. The summed E-state index contributed by atoms with van der Waals surface area (Å²) in [5.41, 5.74) is 0.286. The van der Waals surface area contributed by atoms with E-state index >= 15 is 0 Å². The zero-order valence-electron chi connectivity index (χ0n) is 9.99. The molecule has 0 saturated carbocycles. The molecular formula is C14H12ClN3O. The summed E-state index contributed by atoms with van der Waals surface area (Å²) in [6, 6.07) is 14.4. The van der Waals surface area contributed by atoms with E-state index < -0.39 is 5.72 Å². The minimum atomic E-state index is -1.52. The van der Waals surface area contributed by atoms with Crippen molar-refractivity contribution in [2.24, 2.45) is 10.8 Å². The molecule has 3 N–H and O–H groups in total. The molecule has 0 fully saturated rings. The van der Waals surface area contributed by atoms with Crippen molar-refractivity contribution in [2.45, 2.75) is 5.72 Å². The molecule has 1 aliphatic rings. The van der Waals surface area contributed by atoms with Crippen molar-refractivity contribution in [1.82, 2.24) is 5.01 Å². The smallest absolute Gasteiger partial charge is 0.209 e. The maximum atomic E-state index is 11.1. The number of hydrazine groups is 1. The molecule has 1 unspecified atom stereocenters. The van der Waals surface area contributed by atoms with Crippen molar-refractivity contribution < 1.29 is 5.11 Å². The van der Waals surface area contributed by atoms with E-state index in [4.69, 9.17) is 17.4 Å². The molecule has 0 saturated heterocycles. The first-order valence-electron chi connectivity index (χ1n) is 5.79. The number of benzene rings is 2. The number of fused-ring (bicyclic) bond motifs is 1. The van der Waals surface area contributed by atoms with Gasteiger partial charge in [0.15, 0.2) is 0 Å². The molecule has 4 nitrogen and oxygen atoms in total. The van der Waals surface area contributed by atoms with Crippen molar-refractivity contribution >= 4 is 23.6 Å². The molecule has 0 aliphatic carbocycles. The molecule has 0 bridgehead atoms. The van der Waals surface area contributed by atoms with E-state index in [2.05, 4.69) is 4.99 Å². The van der Waals surface area contributed by atoms with E-state index in [0.717, 1.165) is 5.01 Å². The van der Waals surface area contributed by atoms with Crippen molar-refractivity contribution in [1.29, 1.82) is 0 Å². The van der Waals surface area contributed by atoms with Crippen molar-refractivity contribution in [3.05, 3.63) is 64.7 Å². The van der Waals surface area contributed by atoms with Gasteiger partial charge in [0.2, 0.25) is 5.72 Å². The summed E-state index contributed by atoms with van der Waals surface area (Å²) in [5, 5.41) is 12.7. The molecule has 19 heavy (non-hydrogen) atoms. The number of nitrogens with two attached hydrogens (primary N) is 1. The highest BCUT2D eigenvalue weighted by Gasteiger charge is 2.41. The molecule has 5 heteroatoms. The quantitative estimate of drug-likeness (QED) is 0.784. The Morgan fingerprint density at radius 3 is 2.42 bits per heavy atom. The van der Waals surface area contributed by atoms with Crippen LogP contribution in [-0.2, 0) is 5.72 Å². The van der Waals surface area contributed by atoms with E-state index in [1.165, 1.54) is 6.34 Å². The van der Waals surface area contributed by atoms with Crippen LogP contribution in [0.3, 0.4) is 0 Å². The Bertz CT molecular complexity index is 659. The third-order valence-corrected chi connectivity index (χ3v) is 3.55. The predicted octanol–water partition coefficient (Wildman–Crippen LogP) is 2.38. The molecule has 3 rings (SSSR count). The summed E-state index contributed by atoms with van der Waals surface area (Å²) in [6.07, 6.45) is 1.39. The number of rotatable bonds is 1. The molecule has 0 spiro atoms. The van der Waals surface area contributed by atoms with Crippen LogP contribution < -0.4 is 5.84 Å². The highest BCUT2D eigenvalue weighted by molar-refractivity contribution is 6.31. The number of aliphatic hydroxyl groups is 1. The Balaban J connectivity index is 2.28. The second-order valence-electron chi connectivity index (χ2n) is 4.32. The standard InChI is InChI=1S/C14H12ClN3O/c15-12-7-3-1-5-10(12)14(19)11-6-2-4-8-13(11)17-9-18(14)16/h1-9,19H,16H2. The van der Waals surface area contributed by atoms with E-state index in [1.54, 1.807) is 30.3 Å². The third kappa shape index (κ3) is 1.73. The molecule has 0 amide bonds. The maximum absolute atomic E-state index is 11.1. The van der Waals surface area contributed by atoms with Crippen molar-refractivity contribution in [3.63, 3.8) is 0 Å². The van der Waals surface area contributed by atoms with Crippen LogP contribution in [-0.4, -0.2) is 16.5 Å². The predicted molar refractivity (Wildman–Crippen MR) is 75.1 cm³/mol. The molecule has 0 aromatic heterocycles. The number of hydrogen-bond acceptors (Lipinski definition) is 4. The Kier molecular flexibility index (Phi) is 2.78. The van der Waals surface area contributed by atoms with Crippen molar-refractivity contribution in [3.8, 4) is 0 Å². The largest absolute Gasteiger partial charge is 0.362 e. The molecule has 1 aliphatic heterocycles. The van der Waals surface area contributed by atoms with Crippen LogP contribution in [0.5, 0.6) is 0 Å². The number of nitrogens with zero attached hydrogens (tertiary/aromatic N) is 2. The van der Waals surface area contributed by atoms with Gasteiger partial charge in [-0.3, -0.25) is 5.01 Å². The number of aliphatic imine (C=N–C) groups is 1. The average molecular weight is 274 g/mol. The Morgan fingerprint density at radius 2 is 1.68 bits per heavy atom. The van der Waals surface area contributed by atoms with E-state index in [-0.39, 0.29) is 0 Å². The van der Waals surface area contributed by atoms with Crippen LogP contribution >= 0.6 is 11.6 Å². The first-order valence-corrected chi connectivity index (χ1v) is 6.17. The van der Waals surface area contributed by atoms with Gasteiger partial charge >= 0.3 is 0 Å². The summed E-state index contributed by atoms with van der Waals surface area (Å²) in [5.74, 6) is 5.90. The fraction of sp³-hybridized carbons (Fsp3) is 0.0714. The summed E-state index contributed by atoms with van der Waals surface area (Å²) in [6.45, 7) is 0. The lowest BCUT2D eigenvalue weighted by Crippen LogP contribution is -2.52. The van der Waals surface area contributed by atoms with E-state index in [1.807, 2.05) is 18.2 Å². The number of halogens is 1. The van der Waals surface area contributed by atoms with Gasteiger partial charge in [-0.25, -0.2) is 10.8 Å².